The fraction of sp³-hybridized carbons (Fsp3) is 0.857. The maximum atomic E-state index is 11.8. The lowest BCUT2D eigenvalue weighted by Gasteiger charge is -2.57. The number of carbonyl (C=O) groups excluding carboxylic acids is 1. The van der Waals surface area contributed by atoms with Crippen LogP contribution in [-0.2, 0) is 9.59 Å². The molecule has 0 aromatic rings. The average Bonchev–Trinajstić information content (AvgIpc) is 3.09. The van der Waals surface area contributed by atoms with Gasteiger partial charge in [-0.25, -0.2) is 0 Å². The Balaban J connectivity index is 0.000000189. The van der Waals surface area contributed by atoms with Crippen molar-refractivity contribution in [3.8, 4) is 0 Å². The molecule has 0 aliphatic heterocycles. The standard InChI is InChI=1S/C19H28O2.C9H16O2/c1-18-9-7-13(20)11-12(18)3-4-14-15-5-6-17(21)19(15,2)10-8-16(14)18;1-7(9(10)11)8-5-3-2-4-6-8/h11,14-17,21H,3-10H2,1-2H3;7-8H,2-6H2,1H3,(H,10,11)/t14-,15-,16-,17-,18-,19-;/m0./s1. The summed E-state index contributed by atoms with van der Waals surface area (Å²) in [6, 6.07) is 0. The van der Waals surface area contributed by atoms with Crippen LogP contribution in [0.1, 0.15) is 104 Å². The van der Waals surface area contributed by atoms with Gasteiger partial charge in [-0.05, 0) is 98.4 Å². The molecule has 0 aromatic carbocycles. The fourth-order valence-electron chi connectivity index (χ4n) is 8.37. The summed E-state index contributed by atoms with van der Waals surface area (Å²) in [7, 11) is 0. The number of carboxylic acid groups (broad SMARTS) is 1. The number of hydrogen-bond acceptors (Lipinski definition) is 3. The lowest BCUT2D eigenvalue weighted by atomic mass is 9.47. The van der Waals surface area contributed by atoms with E-state index in [0.29, 0.717) is 17.6 Å². The van der Waals surface area contributed by atoms with Crippen molar-refractivity contribution in [1.29, 1.82) is 0 Å². The Kier molecular flexibility index (Phi) is 6.92. The zero-order valence-electron chi connectivity index (χ0n) is 20.4. The van der Waals surface area contributed by atoms with Crippen molar-refractivity contribution >= 4 is 11.8 Å². The van der Waals surface area contributed by atoms with Crippen LogP contribution in [0.25, 0.3) is 0 Å². The molecule has 0 heterocycles. The number of fused-ring (bicyclic) bond motifs is 5. The highest BCUT2D eigenvalue weighted by Crippen LogP contribution is 2.65. The second kappa shape index (κ2) is 9.24. The predicted octanol–water partition coefficient (Wildman–Crippen LogP) is 6.17. The highest BCUT2D eigenvalue weighted by molar-refractivity contribution is 5.91. The molecule has 32 heavy (non-hydrogen) atoms. The Morgan fingerprint density at radius 2 is 1.69 bits per heavy atom. The van der Waals surface area contributed by atoms with Crippen molar-refractivity contribution in [1.82, 2.24) is 0 Å². The van der Waals surface area contributed by atoms with Crippen LogP contribution < -0.4 is 0 Å². The molecule has 0 bridgehead atoms. The van der Waals surface area contributed by atoms with Gasteiger partial charge >= 0.3 is 5.97 Å². The third kappa shape index (κ3) is 4.21. The molecule has 0 saturated heterocycles. The van der Waals surface area contributed by atoms with Gasteiger partial charge in [-0.3, -0.25) is 9.59 Å². The summed E-state index contributed by atoms with van der Waals surface area (Å²) in [6.45, 7) is 6.60. The first kappa shape index (κ1) is 24.0. The van der Waals surface area contributed by atoms with E-state index in [1.807, 2.05) is 13.0 Å². The molecule has 1 unspecified atom stereocenters. The molecule has 0 spiro atoms. The van der Waals surface area contributed by atoms with Crippen molar-refractivity contribution in [2.24, 2.45) is 40.4 Å². The molecular weight excluding hydrogens is 400 g/mol. The van der Waals surface area contributed by atoms with Crippen molar-refractivity contribution in [3.05, 3.63) is 11.6 Å². The van der Waals surface area contributed by atoms with Gasteiger partial charge in [-0.2, -0.15) is 0 Å². The Hall–Kier alpha value is -1.16. The van der Waals surface area contributed by atoms with E-state index in [2.05, 4.69) is 13.8 Å². The van der Waals surface area contributed by atoms with Gasteiger partial charge < -0.3 is 10.2 Å². The average molecular weight is 445 g/mol. The van der Waals surface area contributed by atoms with E-state index >= 15 is 0 Å². The molecule has 4 heteroatoms. The fourth-order valence-corrected chi connectivity index (χ4v) is 8.37. The summed E-state index contributed by atoms with van der Waals surface area (Å²) >= 11 is 0. The third-order valence-corrected chi connectivity index (χ3v) is 10.7. The number of aliphatic carboxylic acids is 1. The summed E-state index contributed by atoms with van der Waals surface area (Å²) in [4.78, 5) is 22.4. The molecule has 4 nitrogen and oxygen atoms in total. The largest absolute Gasteiger partial charge is 0.481 e. The highest BCUT2D eigenvalue weighted by atomic mass is 16.4. The molecule has 4 saturated carbocycles. The first-order chi connectivity index (χ1) is 15.2. The lowest BCUT2D eigenvalue weighted by Crippen LogP contribution is -2.51. The van der Waals surface area contributed by atoms with Crippen LogP contribution in [0.15, 0.2) is 11.6 Å². The number of hydrogen-bond donors (Lipinski definition) is 2. The predicted molar refractivity (Wildman–Crippen MR) is 126 cm³/mol. The van der Waals surface area contributed by atoms with Gasteiger partial charge in [0.25, 0.3) is 0 Å². The lowest BCUT2D eigenvalue weighted by molar-refractivity contribution is -0.143. The van der Waals surface area contributed by atoms with Crippen LogP contribution in [0, 0.1) is 40.4 Å². The minimum absolute atomic E-state index is 0.0823. The topological polar surface area (TPSA) is 74.6 Å². The van der Waals surface area contributed by atoms with E-state index in [1.54, 1.807) is 0 Å². The molecule has 7 atom stereocenters. The zero-order valence-corrected chi connectivity index (χ0v) is 20.4. The van der Waals surface area contributed by atoms with Crippen molar-refractivity contribution in [2.45, 2.75) is 110 Å². The van der Waals surface area contributed by atoms with Crippen LogP contribution in [-0.4, -0.2) is 28.1 Å². The maximum Gasteiger partial charge on any atom is 0.306 e. The monoisotopic (exact) mass is 444 g/mol. The number of aliphatic hydroxyl groups is 1. The van der Waals surface area contributed by atoms with E-state index in [1.165, 1.54) is 50.5 Å². The number of ketones is 1. The van der Waals surface area contributed by atoms with Gasteiger partial charge in [-0.1, -0.05) is 45.6 Å². The van der Waals surface area contributed by atoms with E-state index in [0.717, 1.165) is 50.4 Å². The van der Waals surface area contributed by atoms with Crippen LogP contribution in [0.3, 0.4) is 0 Å². The first-order valence-corrected chi connectivity index (χ1v) is 13.3. The summed E-state index contributed by atoms with van der Waals surface area (Å²) in [5.74, 6) is 2.26. The third-order valence-electron chi connectivity index (χ3n) is 10.7. The SMILES string of the molecule is CC(C(=O)O)C1CCCCC1.C[C@]12CC[C@H]3[C@@H](CCC4=CC(=O)CC[C@@]43C)[C@@H]1CC[C@@H]2O. The smallest absolute Gasteiger partial charge is 0.306 e. The quantitative estimate of drug-likeness (QED) is 0.534. The molecule has 0 amide bonds. The van der Waals surface area contributed by atoms with Gasteiger partial charge in [0, 0.05) is 6.42 Å². The molecule has 4 fully saturated rings. The highest BCUT2D eigenvalue weighted by Gasteiger charge is 2.58. The second-order valence-electron chi connectivity index (χ2n) is 12.1. The van der Waals surface area contributed by atoms with E-state index in [-0.39, 0.29) is 22.9 Å². The molecule has 180 valence electrons. The first-order valence-electron chi connectivity index (χ1n) is 13.3. The zero-order chi connectivity index (χ0) is 23.1. The van der Waals surface area contributed by atoms with Crippen LogP contribution in [0.2, 0.25) is 0 Å². The van der Waals surface area contributed by atoms with E-state index in [4.69, 9.17) is 5.11 Å². The Morgan fingerprint density at radius 1 is 0.969 bits per heavy atom. The minimum atomic E-state index is -0.628. The van der Waals surface area contributed by atoms with Gasteiger partial charge in [0.2, 0.25) is 0 Å². The van der Waals surface area contributed by atoms with Crippen molar-refractivity contribution in [2.75, 3.05) is 0 Å². The Morgan fingerprint density at radius 3 is 2.38 bits per heavy atom. The van der Waals surface area contributed by atoms with Crippen molar-refractivity contribution < 1.29 is 19.8 Å². The molecule has 5 aliphatic rings. The molecule has 2 N–H and O–H groups in total. The van der Waals surface area contributed by atoms with Crippen LogP contribution in [0.5, 0.6) is 0 Å². The number of aliphatic hydroxyl groups excluding tert-OH is 1. The van der Waals surface area contributed by atoms with Gasteiger partial charge in [0.15, 0.2) is 5.78 Å². The van der Waals surface area contributed by atoms with Gasteiger partial charge in [-0.15, -0.1) is 0 Å². The van der Waals surface area contributed by atoms with Crippen LogP contribution >= 0.6 is 0 Å². The molecule has 5 rings (SSSR count). The number of carboxylic acids is 1. The number of allylic oxidation sites excluding steroid dienone is 1. The summed E-state index contributed by atoms with van der Waals surface area (Å²) < 4.78 is 0. The van der Waals surface area contributed by atoms with E-state index < -0.39 is 5.97 Å². The number of rotatable bonds is 2. The Labute approximate surface area is 194 Å². The Bertz CT molecular complexity index is 751. The molecule has 0 aromatic heterocycles. The second-order valence-corrected chi connectivity index (χ2v) is 12.1. The molecule has 5 aliphatic carbocycles. The molecule has 0 radical (unpaired) electrons. The van der Waals surface area contributed by atoms with Gasteiger partial charge in [0.1, 0.15) is 0 Å². The van der Waals surface area contributed by atoms with Gasteiger partial charge in [0.05, 0.1) is 12.0 Å². The molecular formula is C28H44O4. The van der Waals surface area contributed by atoms with E-state index in [9.17, 15) is 14.7 Å². The summed E-state index contributed by atoms with van der Waals surface area (Å²) in [5, 5.41) is 19.2. The van der Waals surface area contributed by atoms with Crippen molar-refractivity contribution in [3.63, 3.8) is 0 Å². The van der Waals surface area contributed by atoms with Crippen LogP contribution in [0.4, 0.5) is 0 Å². The minimum Gasteiger partial charge on any atom is -0.481 e. The summed E-state index contributed by atoms with van der Waals surface area (Å²) in [5.41, 5.74) is 1.89. The summed E-state index contributed by atoms with van der Waals surface area (Å²) in [6.07, 6.45) is 16.7. The number of carbonyl (C=O) groups is 2. The normalized spacial score (nSPS) is 42.5. The maximum absolute atomic E-state index is 11.8.